The standard InChI is InChI=1S/C61H35F4N3/c62-51-35-52(63)60(64)61(65)59(51)45-33-57(67-53-25-21-41(37-13-5-1-6-14-37)29-46(53)47-30-42(22-26-54(47)67)38-15-7-2-8-16-38)50(36-66)58(34-45)68-55-27-23-43(39-17-9-3-10-18-39)31-48(55)49-32-44(24-28-56(49)68)40-19-11-4-12-20-40/h1-35H. The van der Waals surface area contributed by atoms with E-state index in [2.05, 4.69) is 30.3 Å². The van der Waals surface area contributed by atoms with Crippen LogP contribution in [0.3, 0.4) is 0 Å². The second-order valence-corrected chi connectivity index (χ2v) is 16.9. The molecule has 68 heavy (non-hydrogen) atoms. The molecule has 0 radical (unpaired) electrons. The van der Waals surface area contributed by atoms with Crippen molar-refractivity contribution in [2.24, 2.45) is 0 Å². The first-order valence-electron chi connectivity index (χ1n) is 22.1. The maximum atomic E-state index is 16.2. The number of hydrogen-bond donors (Lipinski definition) is 0. The minimum absolute atomic E-state index is 0.0866. The number of halogens is 4. The highest BCUT2D eigenvalue weighted by Gasteiger charge is 2.27. The summed E-state index contributed by atoms with van der Waals surface area (Å²) in [7, 11) is 0. The summed E-state index contributed by atoms with van der Waals surface area (Å²) in [6.45, 7) is 0. The highest BCUT2D eigenvalue weighted by molar-refractivity contribution is 6.14. The van der Waals surface area contributed by atoms with Gasteiger partial charge < -0.3 is 9.13 Å². The topological polar surface area (TPSA) is 33.6 Å². The molecule has 0 N–H and O–H groups in total. The highest BCUT2D eigenvalue weighted by atomic mass is 19.2. The second-order valence-electron chi connectivity index (χ2n) is 16.9. The van der Waals surface area contributed by atoms with Gasteiger partial charge in [-0.05, 0) is 111 Å². The van der Waals surface area contributed by atoms with Gasteiger partial charge in [0, 0.05) is 27.6 Å². The van der Waals surface area contributed by atoms with Gasteiger partial charge in [-0.3, -0.25) is 0 Å². The van der Waals surface area contributed by atoms with E-state index in [0.717, 1.165) is 88.1 Å². The van der Waals surface area contributed by atoms with E-state index in [1.807, 2.05) is 179 Å². The van der Waals surface area contributed by atoms with Crippen LogP contribution in [0.1, 0.15) is 5.56 Å². The Morgan fingerprint density at radius 2 is 0.632 bits per heavy atom. The molecule has 0 saturated carbocycles. The molecule has 0 saturated heterocycles. The molecule has 0 aliphatic heterocycles. The van der Waals surface area contributed by atoms with Gasteiger partial charge in [0.15, 0.2) is 17.5 Å². The lowest BCUT2D eigenvalue weighted by molar-refractivity contribution is 0.437. The van der Waals surface area contributed by atoms with Crippen molar-refractivity contribution < 1.29 is 17.6 Å². The summed E-state index contributed by atoms with van der Waals surface area (Å²) in [5.74, 6) is -6.40. The Hall–Kier alpha value is -8.99. The molecule has 2 heterocycles. The zero-order chi connectivity index (χ0) is 46.0. The average Bonchev–Trinajstić information content (AvgIpc) is 3.90. The van der Waals surface area contributed by atoms with Crippen molar-refractivity contribution in [2.75, 3.05) is 0 Å². The molecule has 0 fully saturated rings. The third kappa shape index (κ3) is 6.57. The van der Waals surface area contributed by atoms with Crippen molar-refractivity contribution in [3.05, 3.63) is 241 Å². The van der Waals surface area contributed by atoms with E-state index in [1.54, 1.807) is 0 Å². The number of aromatic nitrogens is 2. The molecule has 7 heteroatoms. The molecular formula is C61H35F4N3. The Labute approximate surface area is 388 Å². The number of rotatable bonds is 7. The second kappa shape index (κ2) is 16.2. The van der Waals surface area contributed by atoms with Crippen molar-refractivity contribution >= 4 is 43.6 Å². The van der Waals surface area contributed by atoms with Gasteiger partial charge in [-0.25, -0.2) is 17.6 Å². The Balaban J connectivity index is 1.21. The fraction of sp³-hybridized carbons (Fsp3) is 0. The molecule has 0 atom stereocenters. The van der Waals surface area contributed by atoms with E-state index in [-0.39, 0.29) is 11.1 Å². The highest BCUT2D eigenvalue weighted by Crippen LogP contribution is 2.44. The molecular weight excluding hydrogens is 851 g/mol. The Kier molecular flexibility index (Phi) is 9.63. The quantitative estimate of drug-likeness (QED) is 0.0892. The Morgan fingerprint density at radius 1 is 0.309 bits per heavy atom. The molecule has 0 spiro atoms. The van der Waals surface area contributed by atoms with Crippen molar-refractivity contribution in [3.8, 4) is 73.1 Å². The minimum atomic E-state index is -1.80. The molecule has 10 aromatic carbocycles. The smallest absolute Gasteiger partial charge is 0.195 e. The summed E-state index contributed by atoms with van der Waals surface area (Å²) in [5, 5.41) is 15.1. The first-order valence-corrected chi connectivity index (χ1v) is 22.1. The molecule has 0 bridgehead atoms. The summed E-state index contributed by atoms with van der Waals surface area (Å²) in [4.78, 5) is 0. The SMILES string of the molecule is N#Cc1c(-n2c3ccc(-c4ccccc4)cc3c3cc(-c4ccccc4)ccc32)cc(-c2c(F)cc(F)c(F)c2F)cc1-n1c2ccc(-c3ccccc3)cc2c2cc(-c3ccccc3)ccc21. The van der Waals surface area contributed by atoms with E-state index < -0.39 is 28.8 Å². The Morgan fingerprint density at radius 3 is 0.941 bits per heavy atom. The third-order valence-electron chi connectivity index (χ3n) is 13.1. The first-order chi connectivity index (χ1) is 33.3. The monoisotopic (exact) mass is 885 g/mol. The molecule has 12 aromatic rings. The Bertz CT molecular complexity index is 3590. The van der Waals surface area contributed by atoms with Gasteiger partial charge in [-0.15, -0.1) is 0 Å². The van der Waals surface area contributed by atoms with Crippen LogP contribution in [0.25, 0.3) is 111 Å². The summed E-state index contributed by atoms with van der Waals surface area (Å²) >= 11 is 0. The molecule has 0 unspecified atom stereocenters. The maximum absolute atomic E-state index is 16.2. The number of fused-ring (bicyclic) bond motifs is 6. The van der Waals surface area contributed by atoms with Gasteiger partial charge in [0.25, 0.3) is 0 Å². The van der Waals surface area contributed by atoms with Crippen LogP contribution in [0.4, 0.5) is 17.6 Å². The largest absolute Gasteiger partial charge is 0.308 e. The molecule has 0 aliphatic rings. The van der Waals surface area contributed by atoms with E-state index in [1.165, 1.54) is 12.1 Å². The third-order valence-corrected chi connectivity index (χ3v) is 13.1. The van der Waals surface area contributed by atoms with Crippen molar-refractivity contribution in [1.82, 2.24) is 9.13 Å². The molecule has 322 valence electrons. The molecule has 2 aromatic heterocycles. The van der Waals surface area contributed by atoms with Crippen molar-refractivity contribution in [1.29, 1.82) is 5.26 Å². The number of nitrogens with zero attached hydrogens (tertiary/aromatic N) is 3. The van der Waals surface area contributed by atoms with Crippen LogP contribution in [-0.4, -0.2) is 9.13 Å². The molecule has 0 aliphatic carbocycles. The minimum Gasteiger partial charge on any atom is -0.308 e. The van der Waals surface area contributed by atoms with E-state index in [4.69, 9.17) is 0 Å². The molecule has 0 amide bonds. The van der Waals surface area contributed by atoms with Crippen molar-refractivity contribution in [2.45, 2.75) is 0 Å². The van der Waals surface area contributed by atoms with Crippen LogP contribution in [0.2, 0.25) is 0 Å². The summed E-state index contributed by atoms with van der Waals surface area (Å²) in [6, 6.07) is 70.4. The predicted octanol–water partition coefficient (Wildman–Crippen LogP) is 16.6. The van der Waals surface area contributed by atoms with Crippen LogP contribution in [0.15, 0.2) is 212 Å². The van der Waals surface area contributed by atoms with Crippen LogP contribution in [0.5, 0.6) is 0 Å². The van der Waals surface area contributed by atoms with Gasteiger partial charge in [0.1, 0.15) is 17.4 Å². The van der Waals surface area contributed by atoms with E-state index >= 15 is 13.2 Å². The zero-order valence-corrected chi connectivity index (χ0v) is 36.1. The fourth-order valence-electron chi connectivity index (χ4n) is 9.86. The van der Waals surface area contributed by atoms with E-state index in [0.29, 0.717) is 17.4 Å². The lowest BCUT2D eigenvalue weighted by Gasteiger charge is -2.19. The number of benzene rings is 10. The van der Waals surface area contributed by atoms with E-state index in [9.17, 15) is 9.65 Å². The van der Waals surface area contributed by atoms with Crippen LogP contribution in [0, 0.1) is 34.6 Å². The van der Waals surface area contributed by atoms with Crippen LogP contribution >= 0.6 is 0 Å². The lowest BCUT2D eigenvalue weighted by atomic mass is 9.98. The predicted molar refractivity (Wildman–Crippen MR) is 267 cm³/mol. The lowest BCUT2D eigenvalue weighted by Crippen LogP contribution is -2.07. The van der Waals surface area contributed by atoms with Gasteiger partial charge in [-0.1, -0.05) is 146 Å². The summed E-state index contributed by atoms with van der Waals surface area (Å²) in [5.41, 5.74) is 10.7. The number of hydrogen-bond acceptors (Lipinski definition) is 1. The fourth-order valence-corrected chi connectivity index (χ4v) is 9.86. The van der Waals surface area contributed by atoms with Gasteiger partial charge in [0.05, 0.1) is 39.0 Å². The zero-order valence-electron chi connectivity index (χ0n) is 36.1. The van der Waals surface area contributed by atoms with Gasteiger partial charge in [0.2, 0.25) is 0 Å². The average molecular weight is 886 g/mol. The van der Waals surface area contributed by atoms with Crippen molar-refractivity contribution in [3.63, 3.8) is 0 Å². The summed E-state index contributed by atoms with van der Waals surface area (Å²) in [6.07, 6.45) is 0. The van der Waals surface area contributed by atoms with Gasteiger partial charge >= 0.3 is 0 Å². The van der Waals surface area contributed by atoms with Crippen LogP contribution < -0.4 is 0 Å². The summed E-state index contributed by atoms with van der Waals surface area (Å²) < 4.78 is 66.3. The first kappa shape index (κ1) is 40.5. The normalized spacial score (nSPS) is 11.5. The van der Waals surface area contributed by atoms with Gasteiger partial charge in [-0.2, -0.15) is 5.26 Å². The number of nitriles is 1. The molecule has 12 rings (SSSR count). The maximum Gasteiger partial charge on any atom is 0.195 e. The molecule has 3 nitrogen and oxygen atoms in total. The van der Waals surface area contributed by atoms with Crippen LogP contribution in [-0.2, 0) is 0 Å².